The van der Waals surface area contributed by atoms with Gasteiger partial charge in [0.25, 0.3) is 0 Å². The number of hydrogen-bond donors (Lipinski definition) is 0. The first-order valence-corrected chi connectivity index (χ1v) is 9.41. The quantitative estimate of drug-likeness (QED) is 0.727. The van der Waals surface area contributed by atoms with Gasteiger partial charge in [0.05, 0.1) is 13.2 Å². The van der Waals surface area contributed by atoms with Crippen LogP contribution in [0, 0.1) is 35.5 Å². The highest BCUT2D eigenvalue weighted by Gasteiger charge is 2.40. The largest absolute Gasteiger partial charge is 0.352 e. The van der Waals surface area contributed by atoms with Crippen molar-refractivity contribution in [1.82, 2.24) is 0 Å². The maximum Gasteiger partial charge on any atom is 0.160 e. The van der Waals surface area contributed by atoms with Gasteiger partial charge >= 0.3 is 0 Å². The van der Waals surface area contributed by atoms with Gasteiger partial charge in [-0.1, -0.05) is 33.6 Å². The molecule has 0 aromatic heterocycles. The zero-order valence-electron chi connectivity index (χ0n) is 14.5. The van der Waals surface area contributed by atoms with Crippen molar-refractivity contribution in [3.63, 3.8) is 0 Å². The summed E-state index contributed by atoms with van der Waals surface area (Å²) in [6.07, 6.45) is 6.46. The summed E-state index contributed by atoms with van der Waals surface area (Å²) in [6, 6.07) is 0. The van der Waals surface area contributed by atoms with Gasteiger partial charge in [0.1, 0.15) is 6.17 Å². The summed E-state index contributed by atoms with van der Waals surface area (Å²) in [5, 5.41) is 0. The fourth-order valence-electron chi connectivity index (χ4n) is 4.93. The van der Waals surface area contributed by atoms with Gasteiger partial charge in [0.2, 0.25) is 0 Å². The molecule has 128 valence electrons. The minimum Gasteiger partial charge on any atom is -0.352 e. The molecule has 0 N–H and O–H groups in total. The molecule has 1 aliphatic heterocycles. The van der Waals surface area contributed by atoms with E-state index in [4.69, 9.17) is 9.47 Å². The molecule has 0 radical (unpaired) electrons. The molecule has 22 heavy (non-hydrogen) atoms. The van der Waals surface area contributed by atoms with Crippen molar-refractivity contribution in [2.24, 2.45) is 35.5 Å². The molecular weight excluding hydrogens is 279 g/mol. The number of rotatable bonds is 2. The van der Waals surface area contributed by atoms with Crippen LogP contribution in [0.1, 0.15) is 59.3 Å². The van der Waals surface area contributed by atoms with Crippen LogP contribution in [-0.2, 0) is 9.47 Å². The van der Waals surface area contributed by atoms with E-state index < -0.39 is 6.17 Å². The van der Waals surface area contributed by atoms with Crippen LogP contribution < -0.4 is 0 Å². The van der Waals surface area contributed by atoms with Crippen LogP contribution in [0.2, 0.25) is 0 Å². The van der Waals surface area contributed by atoms with Crippen molar-refractivity contribution in [3.05, 3.63) is 0 Å². The van der Waals surface area contributed by atoms with Crippen LogP contribution in [0.25, 0.3) is 0 Å². The van der Waals surface area contributed by atoms with Crippen molar-refractivity contribution in [3.8, 4) is 0 Å². The van der Waals surface area contributed by atoms with Crippen LogP contribution in [-0.4, -0.2) is 25.7 Å². The van der Waals surface area contributed by atoms with Gasteiger partial charge in [-0.25, -0.2) is 4.39 Å². The van der Waals surface area contributed by atoms with Gasteiger partial charge in [-0.05, 0) is 49.4 Å². The zero-order chi connectivity index (χ0) is 15.7. The molecule has 3 fully saturated rings. The van der Waals surface area contributed by atoms with Crippen molar-refractivity contribution >= 4 is 0 Å². The second-order valence-electron chi connectivity index (χ2n) is 8.45. The molecule has 3 aliphatic rings. The first-order valence-electron chi connectivity index (χ1n) is 9.41. The summed E-state index contributed by atoms with van der Waals surface area (Å²) in [5.41, 5.74) is 0. The SMILES string of the molecule is CC1CCC(C2COC(C3CC(C)C(F)C(C)C3)OC2)CC1. The van der Waals surface area contributed by atoms with Crippen LogP contribution in [0.15, 0.2) is 0 Å². The molecule has 1 saturated heterocycles. The summed E-state index contributed by atoms with van der Waals surface area (Å²) in [6.45, 7) is 8.12. The lowest BCUT2D eigenvalue weighted by Crippen LogP contribution is -2.44. The Bertz CT molecular complexity index is 333. The second kappa shape index (κ2) is 7.17. The molecule has 1 heterocycles. The van der Waals surface area contributed by atoms with E-state index in [0.717, 1.165) is 37.9 Å². The van der Waals surface area contributed by atoms with Gasteiger partial charge in [-0.15, -0.1) is 0 Å². The maximum atomic E-state index is 14.0. The third kappa shape index (κ3) is 3.67. The predicted octanol–water partition coefficient (Wildman–Crippen LogP) is 4.82. The summed E-state index contributed by atoms with van der Waals surface area (Å²) in [4.78, 5) is 0. The molecule has 2 unspecified atom stereocenters. The molecule has 3 heteroatoms. The summed E-state index contributed by atoms with van der Waals surface area (Å²) in [5.74, 6) is 2.92. The topological polar surface area (TPSA) is 18.5 Å². The molecule has 2 nitrogen and oxygen atoms in total. The molecule has 0 spiro atoms. The third-order valence-corrected chi connectivity index (χ3v) is 6.50. The van der Waals surface area contributed by atoms with Crippen molar-refractivity contribution in [1.29, 1.82) is 0 Å². The number of hydrogen-bond acceptors (Lipinski definition) is 2. The van der Waals surface area contributed by atoms with Crippen LogP contribution in [0.5, 0.6) is 0 Å². The van der Waals surface area contributed by atoms with Crippen molar-refractivity contribution < 1.29 is 13.9 Å². The lowest BCUT2D eigenvalue weighted by atomic mass is 9.74. The highest BCUT2D eigenvalue weighted by molar-refractivity contribution is 4.85. The number of ether oxygens (including phenoxy) is 2. The Morgan fingerprint density at radius 3 is 1.82 bits per heavy atom. The second-order valence-corrected chi connectivity index (χ2v) is 8.45. The minimum atomic E-state index is -0.656. The van der Waals surface area contributed by atoms with E-state index in [1.165, 1.54) is 25.7 Å². The van der Waals surface area contributed by atoms with Gasteiger partial charge in [-0.2, -0.15) is 0 Å². The minimum absolute atomic E-state index is 0.0869. The van der Waals surface area contributed by atoms with Crippen LogP contribution in [0.3, 0.4) is 0 Å². The highest BCUT2D eigenvalue weighted by Crippen LogP contribution is 2.40. The zero-order valence-corrected chi connectivity index (χ0v) is 14.5. The predicted molar refractivity (Wildman–Crippen MR) is 86.3 cm³/mol. The van der Waals surface area contributed by atoms with Crippen molar-refractivity contribution in [2.45, 2.75) is 71.8 Å². The Kier molecular flexibility index (Phi) is 5.44. The molecule has 2 atom stereocenters. The Hall–Kier alpha value is -0.150. The van der Waals surface area contributed by atoms with Gasteiger partial charge < -0.3 is 9.47 Å². The van der Waals surface area contributed by atoms with E-state index in [-0.39, 0.29) is 18.1 Å². The van der Waals surface area contributed by atoms with Crippen molar-refractivity contribution in [2.75, 3.05) is 13.2 Å². The van der Waals surface area contributed by atoms with Gasteiger partial charge in [0, 0.05) is 11.8 Å². The van der Waals surface area contributed by atoms with E-state index in [1.54, 1.807) is 0 Å². The standard InChI is InChI=1S/C19H33FO2/c1-12-4-6-15(7-5-12)17-10-21-19(22-11-17)16-8-13(2)18(20)14(3)9-16/h12-19H,4-11H2,1-3H3. The molecule has 0 aromatic carbocycles. The molecular formula is C19H33FO2. The number of halogens is 1. The smallest absolute Gasteiger partial charge is 0.160 e. The Balaban J connectivity index is 1.47. The lowest BCUT2D eigenvalue weighted by molar-refractivity contribution is -0.241. The van der Waals surface area contributed by atoms with Crippen LogP contribution >= 0.6 is 0 Å². The molecule has 0 bridgehead atoms. The first kappa shape index (κ1) is 16.7. The molecule has 0 amide bonds. The normalized spacial score (nSPS) is 50.7. The molecule has 2 saturated carbocycles. The van der Waals surface area contributed by atoms with Gasteiger partial charge in [0.15, 0.2) is 6.29 Å². The van der Waals surface area contributed by atoms with Gasteiger partial charge in [-0.3, -0.25) is 0 Å². The highest BCUT2D eigenvalue weighted by atomic mass is 19.1. The molecule has 2 aliphatic carbocycles. The van der Waals surface area contributed by atoms with E-state index in [2.05, 4.69) is 6.92 Å². The van der Waals surface area contributed by atoms with E-state index in [1.807, 2.05) is 13.8 Å². The lowest BCUT2D eigenvalue weighted by Gasteiger charge is -2.42. The Morgan fingerprint density at radius 1 is 0.727 bits per heavy atom. The summed E-state index contributed by atoms with van der Waals surface area (Å²) in [7, 11) is 0. The van der Waals surface area contributed by atoms with Crippen LogP contribution in [0.4, 0.5) is 4.39 Å². The van der Waals surface area contributed by atoms with E-state index in [9.17, 15) is 4.39 Å². The first-order chi connectivity index (χ1) is 10.5. The Morgan fingerprint density at radius 2 is 1.27 bits per heavy atom. The average molecular weight is 312 g/mol. The fraction of sp³-hybridized carbons (Fsp3) is 1.00. The fourth-order valence-corrected chi connectivity index (χ4v) is 4.93. The van der Waals surface area contributed by atoms with E-state index >= 15 is 0 Å². The summed E-state index contributed by atoms with van der Waals surface area (Å²) < 4.78 is 26.2. The average Bonchev–Trinajstić information content (AvgIpc) is 2.53. The molecule has 3 rings (SSSR count). The maximum absolute atomic E-state index is 14.0. The third-order valence-electron chi connectivity index (χ3n) is 6.50. The number of alkyl halides is 1. The molecule has 0 aromatic rings. The van der Waals surface area contributed by atoms with E-state index in [0.29, 0.717) is 11.8 Å². The Labute approximate surface area is 135 Å². The summed E-state index contributed by atoms with van der Waals surface area (Å²) >= 11 is 0. The monoisotopic (exact) mass is 312 g/mol.